The van der Waals surface area contributed by atoms with Gasteiger partial charge in [0.15, 0.2) is 0 Å². The molecule has 0 aromatic carbocycles. The molecule has 0 rings (SSSR count). The van der Waals surface area contributed by atoms with Crippen molar-refractivity contribution in [3.63, 3.8) is 0 Å². The van der Waals surface area contributed by atoms with Crippen LogP contribution in [0.15, 0.2) is 0 Å². The number of hydrogen-bond donors (Lipinski definition) is 5. The Hall–Kier alpha value is -0.690. The third-order valence-corrected chi connectivity index (χ3v) is 2.10. The first-order valence-electron chi connectivity index (χ1n) is 5.42. The molecule has 0 aromatic heterocycles. The van der Waals surface area contributed by atoms with E-state index in [9.17, 15) is 4.79 Å². The second kappa shape index (κ2) is 11.4. The van der Waals surface area contributed by atoms with Gasteiger partial charge in [0.2, 0.25) is 0 Å². The van der Waals surface area contributed by atoms with Crippen LogP contribution in [0.4, 0.5) is 0 Å². The summed E-state index contributed by atoms with van der Waals surface area (Å²) in [6.45, 7) is 0.874. The summed E-state index contributed by atoms with van der Waals surface area (Å²) >= 11 is 0. The van der Waals surface area contributed by atoms with Crippen LogP contribution in [0.3, 0.4) is 0 Å². The Balaban J connectivity index is 2.89. The fourth-order valence-corrected chi connectivity index (χ4v) is 1.31. The maximum absolute atomic E-state index is 10.2. The zero-order valence-electron chi connectivity index (χ0n) is 9.09. The van der Waals surface area contributed by atoms with E-state index in [1.54, 1.807) is 0 Å². The van der Waals surface area contributed by atoms with Crippen LogP contribution < -0.4 is 22.3 Å². The van der Waals surface area contributed by atoms with Crippen LogP contribution in [0.5, 0.6) is 0 Å². The number of carboxylic acid groups (broad SMARTS) is 1. The van der Waals surface area contributed by atoms with Crippen molar-refractivity contribution in [2.45, 2.75) is 44.9 Å². The third-order valence-electron chi connectivity index (χ3n) is 2.10. The van der Waals surface area contributed by atoms with Gasteiger partial charge in [0, 0.05) is 13.0 Å². The van der Waals surface area contributed by atoms with E-state index in [2.05, 4.69) is 16.5 Å². The highest BCUT2D eigenvalue weighted by Crippen LogP contribution is 2.06. The lowest BCUT2D eigenvalue weighted by Crippen LogP contribution is -2.47. The molecule has 0 fully saturated rings. The molecule has 0 saturated heterocycles. The molecule has 6 heteroatoms. The van der Waals surface area contributed by atoms with Gasteiger partial charge < -0.3 is 5.11 Å². The summed E-state index contributed by atoms with van der Waals surface area (Å²) < 4.78 is 0. The quantitative estimate of drug-likeness (QED) is 0.194. The smallest absolute Gasteiger partial charge is 0.303 e. The standard InChI is InChI=1S/C9H22N4O2/c10-12-13-11-8-6-4-2-1-3-5-7-9(14)15/h11-13H,1-8,10H2,(H,14,15). The lowest BCUT2D eigenvalue weighted by Gasteiger charge is -2.04. The van der Waals surface area contributed by atoms with Gasteiger partial charge in [0.1, 0.15) is 0 Å². The summed E-state index contributed by atoms with van der Waals surface area (Å²) in [6.07, 6.45) is 6.65. The monoisotopic (exact) mass is 218 g/mol. The topological polar surface area (TPSA) is 99.4 Å². The molecule has 0 heterocycles. The Bertz CT molecular complexity index is 155. The average Bonchev–Trinajstić information content (AvgIpc) is 2.20. The van der Waals surface area contributed by atoms with E-state index in [1.807, 2.05) is 0 Å². The second-order valence-corrected chi connectivity index (χ2v) is 3.46. The van der Waals surface area contributed by atoms with E-state index in [4.69, 9.17) is 10.9 Å². The Morgan fingerprint density at radius 1 is 1.07 bits per heavy atom. The van der Waals surface area contributed by atoms with Crippen molar-refractivity contribution in [2.75, 3.05) is 6.54 Å². The fourth-order valence-electron chi connectivity index (χ4n) is 1.31. The number of hydrazine groups is 3. The third kappa shape index (κ3) is 13.3. The van der Waals surface area contributed by atoms with Gasteiger partial charge in [-0.2, -0.15) is 11.1 Å². The predicted octanol–water partition coefficient (Wildman–Crippen LogP) is 0.274. The predicted molar refractivity (Wildman–Crippen MR) is 58.4 cm³/mol. The van der Waals surface area contributed by atoms with Gasteiger partial charge in [-0.25, -0.2) is 5.43 Å². The second-order valence-electron chi connectivity index (χ2n) is 3.46. The maximum Gasteiger partial charge on any atom is 0.303 e. The molecule has 15 heavy (non-hydrogen) atoms. The van der Waals surface area contributed by atoms with Crippen LogP contribution in [0.25, 0.3) is 0 Å². The van der Waals surface area contributed by atoms with Gasteiger partial charge in [-0.1, -0.05) is 25.7 Å². The summed E-state index contributed by atoms with van der Waals surface area (Å²) in [5.74, 6) is 4.28. The molecule has 0 atom stereocenters. The van der Waals surface area contributed by atoms with Crippen molar-refractivity contribution >= 4 is 5.97 Å². The van der Waals surface area contributed by atoms with Gasteiger partial charge >= 0.3 is 5.97 Å². The molecule has 0 saturated carbocycles. The Morgan fingerprint density at radius 3 is 2.27 bits per heavy atom. The molecule has 6 nitrogen and oxygen atoms in total. The van der Waals surface area contributed by atoms with Gasteiger partial charge in [-0.05, 0) is 12.8 Å². The van der Waals surface area contributed by atoms with Crippen LogP contribution in [-0.2, 0) is 4.79 Å². The van der Waals surface area contributed by atoms with Crippen LogP contribution in [-0.4, -0.2) is 17.6 Å². The van der Waals surface area contributed by atoms with Crippen molar-refractivity contribution < 1.29 is 9.90 Å². The summed E-state index contributed by atoms with van der Waals surface area (Å²) in [7, 11) is 0. The van der Waals surface area contributed by atoms with Gasteiger partial charge in [0.25, 0.3) is 0 Å². The lowest BCUT2D eigenvalue weighted by molar-refractivity contribution is -0.137. The molecular weight excluding hydrogens is 196 g/mol. The minimum Gasteiger partial charge on any atom is -0.481 e. The van der Waals surface area contributed by atoms with Crippen LogP contribution in [0.2, 0.25) is 0 Å². The van der Waals surface area contributed by atoms with E-state index < -0.39 is 5.97 Å². The minimum atomic E-state index is -0.695. The first kappa shape index (κ1) is 14.3. The summed E-state index contributed by atoms with van der Waals surface area (Å²) in [4.78, 5) is 10.2. The van der Waals surface area contributed by atoms with E-state index in [0.29, 0.717) is 6.42 Å². The molecule has 0 amide bonds. The van der Waals surface area contributed by atoms with Crippen molar-refractivity contribution in [1.82, 2.24) is 16.5 Å². The van der Waals surface area contributed by atoms with E-state index in [1.165, 1.54) is 0 Å². The number of rotatable bonds is 11. The molecule has 0 radical (unpaired) electrons. The zero-order valence-corrected chi connectivity index (χ0v) is 9.09. The SMILES string of the molecule is NNNNCCCCCCCCC(=O)O. The van der Waals surface area contributed by atoms with Crippen LogP contribution in [0, 0.1) is 0 Å². The fraction of sp³-hybridized carbons (Fsp3) is 0.889. The van der Waals surface area contributed by atoms with E-state index >= 15 is 0 Å². The number of nitrogens with two attached hydrogens (primary N) is 1. The van der Waals surface area contributed by atoms with Gasteiger partial charge in [0.05, 0.1) is 0 Å². The Labute approximate surface area is 90.5 Å². The van der Waals surface area contributed by atoms with Crippen molar-refractivity contribution in [1.29, 1.82) is 0 Å². The summed E-state index contributed by atoms with van der Waals surface area (Å²) in [5, 5.41) is 8.41. The van der Waals surface area contributed by atoms with Crippen molar-refractivity contribution in [3.05, 3.63) is 0 Å². The van der Waals surface area contributed by atoms with Crippen molar-refractivity contribution in [3.8, 4) is 0 Å². The summed E-state index contributed by atoms with van der Waals surface area (Å²) in [6, 6.07) is 0. The lowest BCUT2D eigenvalue weighted by atomic mass is 10.1. The maximum atomic E-state index is 10.2. The van der Waals surface area contributed by atoms with Gasteiger partial charge in [-0.15, -0.1) is 0 Å². The number of unbranched alkanes of at least 4 members (excludes halogenated alkanes) is 5. The average molecular weight is 218 g/mol. The highest BCUT2D eigenvalue weighted by atomic mass is 16.4. The highest BCUT2D eigenvalue weighted by molar-refractivity contribution is 5.66. The van der Waals surface area contributed by atoms with Crippen molar-refractivity contribution in [2.24, 2.45) is 5.84 Å². The van der Waals surface area contributed by atoms with E-state index in [0.717, 1.165) is 45.1 Å². The molecular formula is C9H22N4O2. The molecule has 0 spiro atoms. The number of carbonyl (C=O) groups is 1. The molecule has 6 N–H and O–H groups in total. The zero-order chi connectivity index (χ0) is 11.4. The Kier molecular flexibility index (Phi) is 10.9. The number of nitrogens with one attached hydrogen (secondary N) is 3. The summed E-state index contributed by atoms with van der Waals surface area (Å²) in [5.41, 5.74) is 7.75. The molecule has 0 aliphatic heterocycles. The number of aliphatic carboxylic acids is 1. The highest BCUT2D eigenvalue weighted by Gasteiger charge is 1.96. The van der Waals surface area contributed by atoms with E-state index in [-0.39, 0.29) is 0 Å². The van der Waals surface area contributed by atoms with Crippen LogP contribution in [0.1, 0.15) is 44.9 Å². The van der Waals surface area contributed by atoms with Crippen LogP contribution >= 0.6 is 0 Å². The number of hydrogen-bond acceptors (Lipinski definition) is 5. The Morgan fingerprint density at radius 2 is 1.67 bits per heavy atom. The molecule has 0 bridgehead atoms. The normalized spacial score (nSPS) is 10.5. The molecule has 0 aliphatic rings. The minimum absolute atomic E-state index is 0.299. The first-order chi connectivity index (χ1) is 7.27. The van der Waals surface area contributed by atoms with Gasteiger partial charge in [-0.3, -0.25) is 10.6 Å². The molecule has 0 unspecified atom stereocenters. The molecule has 0 aliphatic carbocycles. The molecule has 90 valence electrons. The largest absolute Gasteiger partial charge is 0.481 e. The molecule has 0 aromatic rings. The number of carboxylic acids is 1. The first-order valence-corrected chi connectivity index (χ1v) is 5.42.